The number of hydrogen-bond donors (Lipinski definition) is 1. The molecule has 0 aliphatic carbocycles. The van der Waals surface area contributed by atoms with Gasteiger partial charge >= 0.3 is 0 Å². The van der Waals surface area contributed by atoms with Gasteiger partial charge in [-0.05, 0) is 20.8 Å². The van der Waals surface area contributed by atoms with Gasteiger partial charge in [0.2, 0.25) is 0 Å². The van der Waals surface area contributed by atoms with E-state index in [2.05, 4.69) is 46.1 Å². The van der Waals surface area contributed by atoms with Gasteiger partial charge in [0.1, 0.15) is 12.1 Å². The Labute approximate surface area is 129 Å². The Hall–Kier alpha value is -2.44. The Morgan fingerprint density at radius 1 is 1.18 bits per heavy atom. The lowest BCUT2D eigenvalue weighted by molar-refractivity contribution is 0.366. The van der Waals surface area contributed by atoms with Crippen LogP contribution in [-0.2, 0) is 19.0 Å². The number of fused-ring (bicyclic) bond motifs is 1. The van der Waals surface area contributed by atoms with Gasteiger partial charge in [-0.1, -0.05) is 0 Å². The van der Waals surface area contributed by atoms with E-state index in [0.29, 0.717) is 0 Å². The highest BCUT2D eigenvalue weighted by molar-refractivity contribution is 5.86. The molecule has 22 heavy (non-hydrogen) atoms. The molecular formula is C15H21N7. The molecule has 116 valence electrons. The zero-order valence-corrected chi connectivity index (χ0v) is 13.4. The smallest absolute Gasteiger partial charge is 0.163 e. The zero-order chi connectivity index (χ0) is 15.7. The lowest BCUT2D eigenvalue weighted by atomic mass is 10.1. The van der Waals surface area contributed by atoms with Gasteiger partial charge in [0.15, 0.2) is 5.65 Å². The van der Waals surface area contributed by atoms with Crippen LogP contribution in [0.2, 0.25) is 0 Å². The predicted octanol–water partition coefficient (Wildman–Crippen LogP) is 1.97. The van der Waals surface area contributed by atoms with E-state index in [4.69, 9.17) is 0 Å². The summed E-state index contributed by atoms with van der Waals surface area (Å²) in [6.07, 6.45) is 7.99. The number of imidazole rings is 1. The molecule has 0 bridgehead atoms. The Morgan fingerprint density at radius 2 is 2.00 bits per heavy atom. The molecular weight excluding hydrogens is 278 g/mol. The maximum absolute atomic E-state index is 4.46. The van der Waals surface area contributed by atoms with Gasteiger partial charge < -0.3 is 9.88 Å². The van der Waals surface area contributed by atoms with Crippen molar-refractivity contribution in [1.82, 2.24) is 29.3 Å². The van der Waals surface area contributed by atoms with Crippen LogP contribution in [0.4, 0.5) is 5.82 Å². The first-order chi connectivity index (χ1) is 10.5. The summed E-state index contributed by atoms with van der Waals surface area (Å²) in [6.45, 7) is 7.11. The van der Waals surface area contributed by atoms with E-state index in [-0.39, 0.29) is 5.54 Å². The van der Waals surface area contributed by atoms with Crippen LogP contribution < -0.4 is 5.32 Å². The third-order valence-corrected chi connectivity index (χ3v) is 3.59. The lowest BCUT2D eigenvalue weighted by Crippen LogP contribution is -2.23. The van der Waals surface area contributed by atoms with Gasteiger partial charge in [-0.15, -0.1) is 0 Å². The summed E-state index contributed by atoms with van der Waals surface area (Å²) in [5.41, 5.74) is 1.93. The molecule has 3 aromatic rings. The molecule has 7 heteroatoms. The Kier molecular flexibility index (Phi) is 3.56. The molecule has 0 aliphatic rings. The van der Waals surface area contributed by atoms with Gasteiger partial charge in [-0.25, -0.2) is 19.6 Å². The maximum Gasteiger partial charge on any atom is 0.163 e. The van der Waals surface area contributed by atoms with Crippen LogP contribution in [0.3, 0.4) is 0 Å². The van der Waals surface area contributed by atoms with Crippen molar-refractivity contribution in [3.63, 3.8) is 0 Å². The highest BCUT2D eigenvalue weighted by atomic mass is 15.3. The quantitative estimate of drug-likeness (QED) is 0.797. The summed E-state index contributed by atoms with van der Waals surface area (Å²) in [4.78, 5) is 12.8. The van der Waals surface area contributed by atoms with Crippen LogP contribution >= 0.6 is 0 Å². The van der Waals surface area contributed by atoms with Crippen LogP contribution in [0.15, 0.2) is 25.0 Å². The number of anilines is 1. The molecule has 3 rings (SSSR count). The highest BCUT2D eigenvalue weighted by Crippen LogP contribution is 2.23. The van der Waals surface area contributed by atoms with E-state index >= 15 is 0 Å². The zero-order valence-electron chi connectivity index (χ0n) is 13.4. The number of rotatable bonds is 4. The van der Waals surface area contributed by atoms with E-state index in [0.717, 1.165) is 29.8 Å². The van der Waals surface area contributed by atoms with Crippen molar-refractivity contribution in [3.05, 3.63) is 30.7 Å². The normalized spacial score (nSPS) is 12.0. The molecule has 1 N–H and O–H groups in total. The van der Waals surface area contributed by atoms with E-state index < -0.39 is 0 Å². The molecule has 7 nitrogen and oxygen atoms in total. The molecule has 0 saturated heterocycles. The number of hydrogen-bond acceptors (Lipinski definition) is 5. The predicted molar refractivity (Wildman–Crippen MR) is 85.7 cm³/mol. The third-order valence-electron chi connectivity index (χ3n) is 3.59. The van der Waals surface area contributed by atoms with Crippen LogP contribution in [0.25, 0.3) is 11.0 Å². The second-order valence-corrected chi connectivity index (χ2v) is 6.36. The van der Waals surface area contributed by atoms with Crippen molar-refractivity contribution in [1.29, 1.82) is 0 Å². The van der Waals surface area contributed by atoms with Gasteiger partial charge in [-0.2, -0.15) is 5.10 Å². The molecule has 0 aromatic carbocycles. The minimum atomic E-state index is -0.109. The fourth-order valence-electron chi connectivity index (χ4n) is 2.41. The standard InChI is InChI=1S/C15H21N7/c1-15(2,3)22-14-12(8-20-22)13(18-9-19-14)17-6-5-11-7-16-10-21(11)4/h7-10H,5-6H2,1-4H3,(H,17,18,19). The molecule has 0 amide bonds. The minimum Gasteiger partial charge on any atom is -0.369 e. The van der Waals surface area contributed by atoms with Crippen molar-refractivity contribution in [2.75, 3.05) is 11.9 Å². The first-order valence-electron chi connectivity index (χ1n) is 7.35. The third kappa shape index (κ3) is 2.66. The van der Waals surface area contributed by atoms with Gasteiger partial charge in [0.05, 0.1) is 23.4 Å². The molecule has 0 spiro atoms. The van der Waals surface area contributed by atoms with Crippen molar-refractivity contribution < 1.29 is 0 Å². The number of aromatic nitrogens is 6. The van der Waals surface area contributed by atoms with Crippen molar-refractivity contribution in [2.45, 2.75) is 32.7 Å². The average molecular weight is 299 g/mol. The molecule has 0 aliphatic heterocycles. The number of nitrogens with zero attached hydrogens (tertiary/aromatic N) is 6. The first-order valence-corrected chi connectivity index (χ1v) is 7.35. The Balaban J connectivity index is 1.80. The molecule has 3 aromatic heterocycles. The summed E-state index contributed by atoms with van der Waals surface area (Å²) in [5, 5.41) is 8.78. The summed E-state index contributed by atoms with van der Waals surface area (Å²) < 4.78 is 3.95. The molecule has 0 fully saturated rings. The average Bonchev–Trinajstić information content (AvgIpc) is 3.05. The fourth-order valence-corrected chi connectivity index (χ4v) is 2.41. The molecule has 3 heterocycles. The van der Waals surface area contributed by atoms with Crippen molar-refractivity contribution >= 4 is 16.9 Å². The molecule has 0 unspecified atom stereocenters. The SMILES string of the molecule is Cn1cncc1CCNc1ncnc2c1cnn2C(C)(C)C. The van der Waals surface area contributed by atoms with Crippen LogP contribution in [0.5, 0.6) is 0 Å². The maximum atomic E-state index is 4.46. The summed E-state index contributed by atoms with van der Waals surface area (Å²) in [5.74, 6) is 0.822. The molecule has 0 atom stereocenters. The summed E-state index contributed by atoms with van der Waals surface area (Å²) in [7, 11) is 2.00. The fraction of sp³-hybridized carbons (Fsp3) is 0.467. The van der Waals surface area contributed by atoms with E-state index in [9.17, 15) is 0 Å². The lowest BCUT2D eigenvalue weighted by Gasteiger charge is -2.19. The second-order valence-electron chi connectivity index (χ2n) is 6.36. The summed E-state index contributed by atoms with van der Waals surface area (Å²) in [6, 6.07) is 0. The monoisotopic (exact) mass is 299 g/mol. The number of nitrogens with one attached hydrogen (secondary N) is 1. The van der Waals surface area contributed by atoms with E-state index in [1.807, 2.05) is 35.0 Å². The van der Waals surface area contributed by atoms with Crippen molar-refractivity contribution in [2.24, 2.45) is 7.05 Å². The number of aryl methyl sites for hydroxylation is 1. The van der Waals surface area contributed by atoms with Crippen LogP contribution in [-0.4, -0.2) is 35.8 Å². The van der Waals surface area contributed by atoms with Crippen LogP contribution in [0.1, 0.15) is 26.5 Å². The topological polar surface area (TPSA) is 73.5 Å². The largest absolute Gasteiger partial charge is 0.369 e. The van der Waals surface area contributed by atoms with Gasteiger partial charge in [0, 0.05) is 31.9 Å². The van der Waals surface area contributed by atoms with Gasteiger partial charge in [-0.3, -0.25) is 0 Å². The van der Waals surface area contributed by atoms with Gasteiger partial charge in [0.25, 0.3) is 0 Å². The summed E-state index contributed by atoms with van der Waals surface area (Å²) >= 11 is 0. The molecule has 0 saturated carbocycles. The highest BCUT2D eigenvalue weighted by Gasteiger charge is 2.19. The Bertz CT molecular complexity index is 779. The van der Waals surface area contributed by atoms with E-state index in [1.165, 1.54) is 5.69 Å². The first kappa shape index (κ1) is 14.5. The molecule has 0 radical (unpaired) electrons. The second kappa shape index (κ2) is 5.40. The Morgan fingerprint density at radius 3 is 2.68 bits per heavy atom. The van der Waals surface area contributed by atoms with E-state index in [1.54, 1.807) is 6.33 Å². The minimum absolute atomic E-state index is 0.109. The van der Waals surface area contributed by atoms with Crippen molar-refractivity contribution in [3.8, 4) is 0 Å². The van der Waals surface area contributed by atoms with Crippen LogP contribution in [0, 0.1) is 0 Å².